The van der Waals surface area contributed by atoms with Crippen molar-refractivity contribution in [1.82, 2.24) is 20.1 Å². The number of carbonyl (C=O) groups is 2. The topological polar surface area (TPSA) is 119 Å². The summed E-state index contributed by atoms with van der Waals surface area (Å²) in [6, 6.07) is 6.74. The molecule has 2 amide bonds. The number of hydrogen-bond acceptors (Lipinski definition) is 9. The van der Waals surface area contributed by atoms with Gasteiger partial charge in [-0.2, -0.15) is 0 Å². The maximum Gasteiger partial charge on any atom is 0.257 e. The molecular weight excluding hydrogens is 444 g/mol. The van der Waals surface area contributed by atoms with Gasteiger partial charge in [0.2, 0.25) is 11.0 Å². The average molecular weight is 469 g/mol. The van der Waals surface area contributed by atoms with Gasteiger partial charge in [-0.1, -0.05) is 11.3 Å². The van der Waals surface area contributed by atoms with Crippen molar-refractivity contribution in [2.24, 2.45) is 0 Å². The molecule has 0 bridgehead atoms. The molecule has 1 aromatic carbocycles. The Morgan fingerprint density at radius 3 is 2.76 bits per heavy atom. The lowest BCUT2D eigenvalue weighted by atomic mass is 10.1. The van der Waals surface area contributed by atoms with Crippen LogP contribution in [0.15, 0.2) is 36.7 Å². The standard InChI is InChI=1S/C22H24N6O4S/c1-14-5-6-23-12-16(14)21-26-27-22(33-21)25-20(30)15-3-4-18(31-2)17(11-15)24-19(29)13-28-7-9-32-10-8-28/h3-6,11-12H,7-10,13H2,1-2H3,(H,24,29)(H,25,27,30). The number of ether oxygens (including phenoxy) is 2. The Balaban J connectivity index is 1.45. The zero-order chi connectivity index (χ0) is 23.2. The van der Waals surface area contributed by atoms with E-state index < -0.39 is 0 Å². The second-order valence-electron chi connectivity index (χ2n) is 7.41. The lowest BCUT2D eigenvalue weighted by Gasteiger charge is -2.25. The van der Waals surface area contributed by atoms with Gasteiger partial charge in [-0.05, 0) is 36.8 Å². The molecule has 1 fully saturated rings. The predicted octanol–water partition coefficient (Wildman–Crippen LogP) is 2.44. The fourth-order valence-corrected chi connectivity index (χ4v) is 4.15. The number of nitrogens with zero attached hydrogens (tertiary/aromatic N) is 4. The first-order chi connectivity index (χ1) is 16.0. The molecule has 1 saturated heterocycles. The zero-order valence-corrected chi connectivity index (χ0v) is 19.1. The third-order valence-corrected chi connectivity index (χ3v) is 5.99. The lowest BCUT2D eigenvalue weighted by Crippen LogP contribution is -2.41. The highest BCUT2D eigenvalue weighted by atomic mass is 32.1. The first kappa shape index (κ1) is 22.8. The minimum atomic E-state index is -0.369. The molecule has 4 rings (SSSR count). The summed E-state index contributed by atoms with van der Waals surface area (Å²) in [4.78, 5) is 31.5. The molecule has 2 aromatic heterocycles. The van der Waals surface area contributed by atoms with E-state index in [0.717, 1.165) is 11.1 Å². The van der Waals surface area contributed by atoms with Crippen LogP contribution in [0, 0.1) is 6.92 Å². The van der Waals surface area contributed by atoms with Crippen molar-refractivity contribution in [3.05, 3.63) is 47.8 Å². The molecule has 3 heterocycles. The van der Waals surface area contributed by atoms with Gasteiger partial charge in [0, 0.05) is 36.6 Å². The highest BCUT2D eigenvalue weighted by Gasteiger charge is 2.18. The minimum Gasteiger partial charge on any atom is -0.495 e. The predicted molar refractivity (Wildman–Crippen MR) is 125 cm³/mol. The van der Waals surface area contributed by atoms with Crippen molar-refractivity contribution in [2.45, 2.75) is 6.92 Å². The Bertz CT molecular complexity index is 1150. The molecule has 2 N–H and O–H groups in total. The number of pyridine rings is 1. The van der Waals surface area contributed by atoms with E-state index in [0.29, 0.717) is 53.4 Å². The summed E-state index contributed by atoms with van der Waals surface area (Å²) in [5, 5.41) is 14.9. The molecule has 172 valence electrons. The van der Waals surface area contributed by atoms with Crippen molar-refractivity contribution >= 4 is 34.0 Å². The van der Waals surface area contributed by atoms with Crippen LogP contribution in [-0.2, 0) is 9.53 Å². The van der Waals surface area contributed by atoms with Crippen LogP contribution >= 0.6 is 11.3 Å². The van der Waals surface area contributed by atoms with Crippen LogP contribution < -0.4 is 15.4 Å². The number of anilines is 2. The summed E-state index contributed by atoms with van der Waals surface area (Å²) in [6.07, 6.45) is 3.43. The molecule has 0 radical (unpaired) electrons. The van der Waals surface area contributed by atoms with Crippen molar-refractivity contribution in [3.63, 3.8) is 0 Å². The summed E-state index contributed by atoms with van der Waals surface area (Å²) >= 11 is 1.26. The average Bonchev–Trinajstić information content (AvgIpc) is 3.28. The van der Waals surface area contributed by atoms with E-state index >= 15 is 0 Å². The molecule has 0 aliphatic carbocycles. The molecule has 0 unspecified atom stereocenters. The van der Waals surface area contributed by atoms with Crippen molar-refractivity contribution in [3.8, 4) is 16.3 Å². The van der Waals surface area contributed by atoms with Crippen LogP contribution in [0.4, 0.5) is 10.8 Å². The first-order valence-electron chi connectivity index (χ1n) is 10.4. The number of aryl methyl sites for hydroxylation is 1. The van der Waals surface area contributed by atoms with Gasteiger partial charge in [0.15, 0.2) is 5.01 Å². The van der Waals surface area contributed by atoms with E-state index in [1.807, 2.05) is 17.9 Å². The van der Waals surface area contributed by atoms with Gasteiger partial charge in [-0.3, -0.25) is 24.8 Å². The molecule has 0 atom stereocenters. The van der Waals surface area contributed by atoms with Crippen LogP contribution in [-0.4, -0.2) is 71.9 Å². The van der Waals surface area contributed by atoms with Gasteiger partial charge in [-0.25, -0.2) is 0 Å². The van der Waals surface area contributed by atoms with E-state index in [9.17, 15) is 9.59 Å². The maximum absolute atomic E-state index is 12.8. The number of morpholine rings is 1. The number of hydrogen-bond donors (Lipinski definition) is 2. The van der Waals surface area contributed by atoms with E-state index in [2.05, 4.69) is 25.8 Å². The molecule has 10 nitrogen and oxygen atoms in total. The number of benzene rings is 1. The highest BCUT2D eigenvalue weighted by Crippen LogP contribution is 2.29. The number of methoxy groups -OCH3 is 1. The second-order valence-corrected chi connectivity index (χ2v) is 8.39. The molecule has 0 spiro atoms. The molecule has 1 aliphatic rings. The largest absolute Gasteiger partial charge is 0.495 e. The maximum atomic E-state index is 12.8. The van der Waals surface area contributed by atoms with E-state index in [1.165, 1.54) is 18.4 Å². The van der Waals surface area contributed by atoms with Gasteiger partial charge in [0.25, 0.3) is 5.91 Å². The van der Waals surface area contributed by atoms with Gasteiger partial charge in [0.1, 0.15) is 5.75 Å². The number of amides is 2. The first-order valence-corrected chi connectivity index (χ1v) is 11.2. The Labute approximate surface area is 195 Å². The number of aromatic nitrogens is 3. The third kappa shape index (κ3) is 5.69. The van der Waals surface area contributed by atoms with Crippen LogP contribution in [0.25, 0.3) is 10.6 Å². The normalized spacial score (nSPS) is 14.0. The van der Waals surface area contributed by atoms with Crippen LogP contribution in [0.1, 0.15) is 15.9 Å². The molecule has 3 aromatic rings. The number of nitrogens with one attached hydrogen (secondary N) is 2. The number of rotatable bonds is 7. The molecule has 33 heavy (non-hydrogen) atoms. The minimum absolute atomic E-state index is 0.187. The smallest absolute Gasteiger partial charge is 0.257 e. The Kier molecular flexibility index (Phi) is 7.23. The van der Waals surface area contributed by atoms with E-state index in [1.54, 1.807) is 30.6 Å². The summed E-state index contributed by atoms with van der Waals surface area (Å²) in [7, 11) is 1.51. The van der Waals surface area contributed by atoms with Crippen molar-refractivity contribution in [1.29, 1.82) is 0 Å². The lowest BCUT2D eigenvalue weighted by molar-refractivity contribution is -0.118. The molecule has 11 heteroatoms. The fraction of sp³-hybridized carbons (Fsp3) is 0.318. The van der Waals surface area contributed by atoms with Gasteiger partial charge < -0.3 is 14.8 Å². The fourth-order valence-electron chi connectivity index (χ4n) is 3.34. The van der Waals surface area contributed by atoms with Gasteiger partial charge in [0.05, 0.1) is 32.6 Å². The quantitative estimate of drug-likeness (QED) is 0.543. The van der Waals surface area contributed by atoms with E-state index in [4.69, 9.17) is 9.47 Å². The number of carbonyl (C=O) groups excluding carboxylic acids is 2. The third-order valence-electron chi connectivity index (χ3n) is 5.12. The zero-order valence-electron chi connectivity index (χ0n) is 18.3. The summed E-state index contributed by atoms with van der Waals surface area (Å²) in [5.74, 6) is -0.0903. The van der Waals surface area contributed by atoms with Crippen molar-refractivity contribution in [2.75, 3.05) is 50.6 Å². The molecule has 1 aliphatic heterocycles. The summed E-state index contributed by atoms with van der Waals surface area (Å²) < 4.78 is 10.7. The van der Waals surface area contributed by atoms with Crippen LogP contribution in [0.5, 0.6) is 5.75 Å². The Morgan fingerprint density at radius 1 is 1.18 bits per heavy atom. The van der Waals surface area contributed by atoms with Crippen molar-refractivity contribution < 1.29 is 19.1 Å². The van der Waals surface area contributed by atoms with E-state index in [-0.39, 0.29) is 18.4 Å². The SMILES string of the molecule is COc1ccc(C(=O)Nc2nnc(-c3cnccc3C)s2)cc1NC(=O)CN1CCOCC1. The second kappa shape index (κ2) is 10.5. The Hall–Kier alpha value is -3.41. The molecule has 0 saturated carbocycles. The van der Waals surface area contributed by atoms with Gasteiger partial charge >= 0.3 is 0 Å². The highest BCUT2D eigenvalue weighted by molar-refractivity contribution is 7.18. The van der Waals surface area contributed by atoms with Gasteiger partial charge in [-0.15, -0.1) is 10.2 Å². The van der Waals surface area contributed by atoms with Crippen LogP contribution in [0.2, 0.25) is 0 Å². The van der Waals surface area contributed by atoms with Crippen LogP contribution in [0.3, 0.4) is 0 Å². The monoisotopic (exact) mass is 468 g/mol. The Morgan fingerprint density at radius 2 is 2.00 bits per heavy atom. The summed E-state index contributed by atoms with van der Waals surface area (Å²) in [6.45, 7) is 4.83. The molecular formula is C22H24N6O4S. The summed E-state index contributed by atoms with van der Waals surface area (Å²) in [5.41, 5.74) is 2.66.